The minimum Gasteiger partial charge on any atom is -0.485 e. The summed E-state index contributed by atoms with van der Waals surface area (Å²) in [5, 5.41) is 15.9. The first-order chi connectivity index (χ1) is 22.0. The van der Waals surface area contributed by atoms with Crippen molar-refractivity contribution in [2.45, 2.75) is 80.3 Å². The average Bonchev–Trinajstić information content (AvgIpc) is 3.95. The highest BCUT2D eigenvalue weighted by Gasteiger charge is 2.75. The largest absolute Gasteiger partial charge is 0.485 e. The molecule has 6 atom stereocenters. The van der Waals surface area contributed by atoms with Gasteiger partial charge in [0, 0.05) is 24.7 Å². The maximum Gasteiger partial charge on any atom is 0.255 e. The number of ether oxygens (including phenoxy) is 4. The van der Waals surface area contributed by atoms with Crippen LogP contribution in [0.5, 0.6) is 17.2 Å². The van der Waals surface area contributed by atoms with Crippen LogP contribution >= 0.6 is 0 Å². The van der Waals surface area contributed by atoms with Crippen molar-refractivity contribution < 1.29 is 28.8 Å². The lowest BCUT2D eigenvalue weighted by Crippen LogP contribution is -2.74. The van der Waals surface area contributed by atoms with E-state index in [1.807, 2.05) is 24.3 Å². The molecule has 232 valence electrons. The quantitative estimate of drug-likeness (QED) is 0.386. The Hall–Kier alpha value is -3.59. The number of aliphatic hydroxyl groups is 1. The monoisotopic (exact) mass is 606 g/mol. The SMILES string of the molecule is O=C(NCCc1ccc(-c2ccc3c(c2)OCO3)cc1)c1ccc2c3c1OC1C4OC4CCC4(O)C(C2)N(CC2CC2)CCC314. The van der Waals surface area contributed by atoms with Gasteiger partial charge < -0.3 is 29.4 Å². The van der Waals surface area contributed by atoms with Crippen molar-refractivity contribution >= 4 is 5.91 Å². The lowest BCUT2D eigenvalue weighted by Gasteiger charge is -2.61. The molecular weight excluding hydrogens is 568 g/mol. The molecule has 0 radical (unpaired) electrons. The number of rotatable bonds is 7. The molecule has 2 saturated carbocycles. The zero-order chi connectivity index (χ0) is 29.9. The molecule has 8 nitrogen and oxygen atoms in total. The maximum atomic E-state index is 13.7. The lowest BCUT2D eigenvalue weighted by molar-refractivity contribution is -0.171. The van der Waals surface area contributed by atoms with Gasteiger partial charge in [0.25, 0.3) is 5.91 Å². The zero-order valence-corrected chi connectivity index (χ0v) is 25.3. The minimum atomic E-state index is -0.873. The molecule has 45 heavy (non-hydrogen) atoms. The second kappa shape index (κ2) is 9.47. The first-order valence-electron chi connectivity index (χ1n) is 16.7. The summed E-state index contributed by atoms with van der Waals surface area (Å²) in [6.07, 6.45) is 6.48. The molecule has 3 aliphatic carbocycles. The Morgan fingerprint density at radius 3 is 2.69 bits per heavy atom. The van der Waals surface area contributed by atoms with E-state index in [-0.39, 0.29) is 37.1 Å². The number of fused-ring (bicyclic) bond motifs is 3. The molecule has 3 aromatic rings. The van der Waals surface area contributed by atoms with E-state index in [4.69, 9.17) is 18.9 Å². The molecule has 1 spiro atoms. The molecular formula is C37H38N2O6. The number of epoxide rings is 1. The van der Waals surface area contributed by atoms with Gasteiger partial charge in [0.2, 0.25) is 6.79 Å². The maximum absolute atomic E-state index is 13.7. The zero-order valence-electron chi connectivity index (χ0n) is 25.3. The lowest BCUT2D eigenvalue weighted by atomic mass is 9.52. The first-order valence-corrected chi connectivity index (χ1v) is 16.7. The topological polar surface area (TPSA) is 92.8 Å². The van der Waals surface area contributed by atoms with Gasteiger partial charge in [0.15, 0.2) is 11.5 Å². The summed E-state index contributed by atoms with van der Waals surface area (Å²) in [6.45, 7) is 2.83. The van der Waals surface area contributed by atoms with Crippen LogP contribution in [0.25, 0.3) is 11.1 Å². The number of nitrogens with zero attached hydrogens (tertiary/aromatic N) is 1. The van der Waals surface area contributed by atoms with Crippen LogP contribution in [0.2, 0.25) is 0 Å². The second-order valence-electron chi connectivity index (χ2n) is 14.3. The van der Waals surface area contributed by atoms with Gasteiger partial charge in [-0.25, -0.2) is 0 Å². The molecule has 0 aromatic heterocycles. The Balaban J connectivity index is 0.893. The van der Waals surface area contributed by atoms with E-state index in [0.717, 1.165) is 84.9 Å². The summed E-state index contributed by atoms with van der Waals surface area (Å²) in [5.74, 6) is 2.89. The minimum absolute atomic E-state index is 0.00967. The molecule has 4 fully saturated rings. The van der Waals surface area contributed by atoms with Gasteiger partial charge in [-0.05, 0) is 97.9 Å². The fraction of sp³-hybridized carbons (Fsp3) is 0.486. The van der Waals surface area contributed by atoms with E-state index in [1.54, 1.807) is 0 Å². The van der Waals surface area contributed by atoms with Crippen LogP contribution in [-0.4, -0.2) is 72.3 Å². The Kier molecular flexibility index (Phi) is 5.60. The van der Waals surface area contributed by atoms with Crippen molar-refractivity contribution in [3.63, 3.8) is 0 Å². The van der Waals surface area contributed by atoms with Crippen LogP contribution in [-0.2, 0) is 23.0 Å². The van der Waals surface area contributed by atoms with Gasteiger partial charge in [0.1, 0.15) is 18.0 Å². The fourth-order valence-electron chi connectivity index (χ4n) is 9.44. The van der Waals surface area contributed by atoms with Gasteiger partial charge in [-0.3, -0.25) is 9.69 Å². The van der Waals surface area contributed by atoms with Crippen molar-refractivity contribution in [1.82, 2.24) is 10.2 Å². The van der Waals surface area contributed by atoms with E-state index in [9.17, 15) is 9.90 Å². The number of nitrogens with one attached hydrogen (secondary N) is 1. The predicted molar refractivity (Wildman–Crippen MR) is 166 cm³/mol. The summed E-state index contributed by atoms with van der Waals surface area (Å²) in [5.41, 5.74) is 4.85. The normalized spacial score (nSPS) is 33.1. The van der Waals surface area contributed by atoms with Crippen LogP contribution in [0.4, 0.5) is 0 Å². The van der Waals surface area contributed by atoms with Crippen LogP contribution in [0.15, 0.2) is 54.6 Å². The van der Waals surface area contributed by atoms with Crippen molar-refractivity contribution in [1.29, 1.82) is 0 Å². The van der Waals surface area contributed by atoms with Crippen LogP contribution in [0.1, 0.15) is 59.2 Å². The third-order valence-electron chi connectivity index (χ3n) is 11.9. The Morgan fingerprint density at radius 1 is 0.978 bits per heavy atom. The van der Waals surface area contributed by atoms with Gasteiger partial charge in [-0.15, -0.1) is 0 Å². The van der Waals surface area contributed by atoms with Crippen LogP contribution < -0.4 is 19.5 Å². The first kappa shape index (κ1) is 26.6. The molecule has 2 bridgehead atoms. The summed E-state index contributed by atoms with van der Waals surface area (Å²) in [7, 11) is 0. The predicted octanol–water partition coefficient (Wildman–Crippen LogP) is 4.39. The molecule has 1 amide bonds. The highest BCUT2D eigenvalue weighted by molar-refractivity contribution is 5.98. The Bertz CT molecular complexity index is 1720. The van der Waals surface area contributed by atoms with Gasteiger partial charge in [0.05, 0.1) is 22.7 Å². The molecule has 10 rings (SSSR count). The Morgan fingerprint density at radius 2 is 1.82 bits per heavy atom. The van der Waals surface area contributed by atoms with E-state index in [2.05, 4.69) is 40.5 Å². The smallest absolute Gasteiger partial charge is 0.255 e. The van der Waals surface area contributed by atoms with Crippen molar-refractivity contribution in [2.24, 2.45) is 5.92 Å². The molecule has 6 unspecified atom stereocenters. The third kappa shape index (κ3) is 3.85. The van der Waals surface area contributed by atoms with Gasteiger partial charge in [-0.2, -0.15) is 0 Å². The Labute approximate surface area is 262 Å². The molecule has 4 aliphatic heterocycles. The molecule has 2 N–H and O–H groups in total. The number of hydrogen-bond donors (Lipinski definition) is 2. The standard InChI is InChI=1S/C37H38N2O6/c40-35(38-15-12-21-3-5-23(6-4-21)24-8-10-27-29(17-24)43-20-42-27)26-9-7-25-18-30-37(41)13-11-28-33(44-28)34-36(37,31(25)32(26)45-34)14-16-39(30)19-22-1-2-22/h3-10,17,22,28,30,33-34,41H,1-2,11-16,18-20H2,(H,38,40). The number of benzene rings is 3. The van der Waals surface area contributed by atoms with Crippen LogP contribution in [0, 0.1) is 5.92 Å². The highest BCUT2D eigenvalue weighted by atomic mass is 16.7. The third-order valence-corrected chi connectivity index (χ3v) is 11.9. The van der Waals surface area contributed by atoms with Gasteiger partial charge >= 0.3 is 0 Å². The molecule has 2 saturated heterocycles. The summed E-state index contributed by atoms with van der Waals surface area (Å²) in [4.78, 5) is 16.3. The van der Waals surface area contributed by atoms with Crippen LogP contribution in [0.3, 0.4) is 0 Å². The summed E-state index contributed by atoms with van der Waals surface area (Å²) >= 11 is 0. The molecule has 8 heteroatoms. The number of hydrogen-bond acceptors (Lipinski definition) is 7. The van der Waals surface area contributed by atoms with E-state index in [0.29, 0.717) is 17.9 Å². The van der Waals surface area contributed by atoms with E-state index >= 15 is 0 Å². The van der Waals surface area contributed by atoms with E-state index in [1.165, 1.54) is 18.4 Å². The summed E-state index contributed by atoms with van der Waals surface area (Å²) < 4.78 is 23.9. The number of piperidine rings is 1. The second-order valence-corrected chi connectivity index (χ2v) is 14.3. The number of carbonyl (C=O) groups excluding carboxylic acids is 1. The average molecular weight is 607 g/mol. The number of amides is 1. The van der Waals surface area contributed by atoms with E-state index < -0.39 is 11.0 Å². The molecule has 3 aromatic carbocycles. The fourth-order valence-corrected chi connectivity index (χ4v) is 9.44. The molecule has 4 heterocycles. The summed E-state index contributed by atoms with van der Waals surface area (Å²) in [6, 6.07) is 18.6. The van der Waals surface area contributed by atoms with Crippen molar-refractivity contribution in [3.8, 4) is 28.4 Å². The highest BCUT2D eigenvalue weighted by Crippen LogP contribution is 2.66. The number of likely N-dealkylation sites (tertiary alicyclic amines) is 1. The van der Waals surface area contributed by atoms with Crippen molar-refractivity contribution in [3.05, 3.63) is 76.9 Å². The number of carbonyl (C=O) groups is 1. The molecule has 7 aliphatic rings. The van der Waals surface area contributed by atoms with Gasteiger partial charge in [-0.1, -0.05) is 36.4 Å². The van der Waals surface area contributed by atoms with Crippen molar-refractivity contribution in [2.75, 3.05) is 26.4 Å².